The van der Waals surface area contributed by atoms with Crippen LogP contribution in [0.2, 0.25) is 10.0 Å². The van der Waals surface area contributed by atoms with Gasteiger partial charge in [0.1, 0.15) is 30.1 Å². The molecule has 2 saturated heterocycles. The van der Waals surface area contributed by atoms with Crippen LogP contribution in [0.25, 0.3) is 22.6 Å². The van der Waals surface area contributed by atoms with Crippen molar-refractivity contribution in [2.75, 3.05) is 26.2 Å². The molecule has 0 radical (unpaired) electrons. The van der Waals surface area contributed by atoms with Gasteiger partial charge in [0.15, 0.2) is 11.2 Å². The second kappa shape index (κ2) is 9.89. The van der Waals surface area contributed by atoms with E-state index in [1.165, 1.54) is 12.7 Å². The summed E-state index contributed by atoms with van der Waals surface area (Å²) in [6.07, 6.45) is 6.42. The van der Waals surface area contributed by atoms with Crippen molar-refractivity contribution in [2.45, 2.75) is 50.4 Å². The zero-order chi connectivity index (χ0) is 26.6. The van der Waals surface area contributed by atoms with E-state index in [-0.39, 0.29) is 5.60 Å². The Hall–Kier alpha value is -2.98. The Balaban J connectivity index is 1.19. The van der Waals surface area contributed by atoms with Crippen LogP contribution in [0.1, 0.15) is 31.9 Å². The molecule has 4 aromatic rings. The smallest absolute Gasteiger partial charge is 0.245 e. The number of hydrogen-bond donors (Lipinski definition) is 1. The van der Waals surface area contributed by atoms with Crippen molar-refractivity contribution >= 4 is 34.4 Å². The molecule has 0 unspecified atom stereocenters. The van der Waals surface area contributed by atoms with Crippen LogP contribution in [0.4, 0.5) is 0 Å². The third-order valence-electron chi connectivity index (χ3n) is 7.89. The lowest BCUT2D eigenvalue weighted by atomic mass is 10.2. The van der Waals surface area contributed by atoms with Crippen molar-refractivity contribution in [1.29, 1.82) is 0 Å². The van der Waals surface area contributed by atoms with Gasteiger partial charge in [-0.1, -0.05) is 23.2 Å². The van der Waals surface area contributed by atoms with Gasteiger partial charge in [0.25, 0.3) is 0 Å². The maximum atomic E-state index is 6.85. The van der Waals surface area contributed by atoms with Crippen LogP contribution < -0.4 is 14.8 Å². The summed E-state index contributed by atoms with van der Waals surface area (Å²) in [6.45, 7) is 6.18. The predicted molar refractivity (Wildman–Crippen MR) is 150 cm³/mol. The summed E-state index contributed by atoms with van der Waals surface area (Å²) in [6, 6.07) is 10.6. The molecule has 1 saturated carbocycles. The van der Waals surface area contributed by atoms with Gasteiger partial charge in [0.05, 0.1) is 17.3 Å². The number of halogens is 2. The number of aromatic nitrogens is 5. The molecule has 3 aliphatic rings. The number of pyridine rings is 1. The van der Waals surface area contributed by atoms with Gasteiger partial charge in [-0.15, -0.1) is 0 Å². The summed E-state index contributed by atoms with van der Waals surface area (Å²) in [5.74, 6) is 1.85. The maximum absolute atomic E-state index is 6.85. The highest BCUT2D eigenvalue weighted by molar-refractivity contribution is 6.33. The second-order valence-corrected chi connectivity index (χ2v) is 11.7. The molecule has 5 heterocycles. The first kappa shape index (κ1) is 25.0. The lowest BCUT2D eigenvalue weighted by Crippen LogP contribution is -2.45. The van der Waals surface area contributed by atoms with Gasteiger partial charge < -0.3 is 19.4 Å². The van der Waals surface area contributed by atoms with Crippen LogP contribution in [0, 0.1) is 0 Å². The van der Waals surface area contributed by atoms with E-state index in [1.54, 1.807) is 12.3 Å². The summed E-state index contributed by atoms with van der Waals surface area (Å²) >= 11 is 13.1. The first-order valence-electron chi connectivity index (χ1n) is 13.3. The average molecular weight is 566 g/mol. The molecule has 11 heteroatoms. The average Bonchev–Trinajstić information content (AvgIpc) is 3.24. The van der Waals surface area contributed by atoms with Crippen LogP contribution in [0.15, 0.2) is 42.9 Å². The molecule has 0 amide bonds. The number of rotatable bonds is 9. The molecule has 7 rings (SSSR count). The van der Waals surface area contributed by atoms with Gasteiger partial charge in [-0.3, -0.25) is 9.88 Å². The molecular formula is C28H29Cl2N7O2. The van der Waals surface area contributed by atoms with Crippen molar-refractivity contribution in [3.8, 4) is 23.0 Å². The summed E-state index contributed by atoms with van der Waals surface area (Å²) in [4.78, 5) is 20.9. The monoisotopic (exact) mass is 565 g/mol. The van der Waals surface area contributed by atoms with Crippen molar-refractivity contribution in [3.05, 3.63) is 58.6 Å². The first-order valence-corrected chi connectivity index (χ1v) is 14.1. The highest BCUT2D eigenvalue weighted by atomic mass is 35.5. The number of likely N-dealkylation sites (tertiary alicyclic amines) is 1. The minimum atomic E-state index is -0.207. The van der Waals surface area contributed by atoms with E-state index >= 15 is 0 Å². The molecule has 2 atom stereocenters. The molecule has 202 valence electrons. The Morgan fingerprint density at radius 3 is 2.77 bits per heavy atom. The highest BCUT2D eigenvalue weighted by Gasteiger charge is 2.41. The van der Waals surface area contributed by atoms with Crippen LogP contribution >= 0.6 is 23.2 Å². The van der Waals surface area contributed by atoms with Crippen molar-refractivity contribution < 1.29 is 9.47 Å². The number of fused-ring (bicyclic) bond motifs is 3. The van der Waals surface area contributed by atoms with Gasteiger partial charge in [-0.05, 0) is 56.5 Å². The molecule has 3 aromatic heterocycles. The zero-order valence-electron chi connectivity index (χ0n) is 21.6. The van der Waals surface area contributed by atoms with Gasteiger partial charge in [-0.25, -0.2) is 9.97 Å². The third kappa shape index (κ3) is 5.04. The Morgan fingerprint density at radius 2 is 2.03 bits per heavy atom. The molecule has 1 aromatic carbocycles. The van der Waals surface area contributed by atoms with Crippen molar-refractivity contribution in [2.24, 2.45) is 0 Å². The van der Waals surface area contributed by atoms with E-state index in [0.29, 0.717) is 58.1 Å². The number of hydrogen-bond acceptors (Lipinski definition) is 8. The summed E-state index contributed by atoms with van der Waals surface area (Å²) in [5.41, 5.74) is 2.57. The van der Waals surface area contributed by atoms with Crippen molar-refractivity contribution in [3.63, 3.8) is 0 Å². The lowest BCUT2D eigenvalue weighted by molar-refractivity contribution is 0.180. The van der Waals surface area contributed by atoms with Crippen LogP contribution in [-0.4, -0.2) is 73.3 Å². The van der Waals surface area contributed by atoms with E-state index in [4.69, 9.17) is 37.7 Å². The fourth-order valence-electron chi connectivity index (χ4n) is 5.52. The predicted octanol–water partition coefficient (Wildman–Crippen LogP) is 4.60. The van der Waals surface area contributed by atoms with Gasteiger partial charge in [0, 0.05) is 48.5 Å². The van der Waals surface area contributed by atoms with Gasteiger partial charge in [-0.2, -0.15) is 4.98 Å². The van der Waals surface area contributed by atoms with E-state index in [2.05, 4.69) is 32.1 Å². The number of benzene rings is 1. The molecule has 2 aliphatic heterocycles. The normalized spacial score (nSPS) is 21.5. The number of nitrogens with one attached hydrogen (secondary N) is 1. The van der Waals surface area contributed by atoms with E-state index in [9.17, 15) is 0 Å². The van der Waals surface area contributed by atoms with Gasteiger partial charge >= 0.3 is 0 Å². The first-order chi connectivity index (χ1) is 18.9. The maximum Gasteiger partial charge on any atom is 0.245 e. The molecule has 39 heavy (non-hydrogen) atoms. The molecular weight excluding hydrogens is 537 g/mol. The largest absolute Gasteiger partial charge is 0.492 e. The minimum absolute atomic E-state index is 0.207. The van der Waals surface area contributed by atoms with Crippen molar-refractivity contribution in [1.82, 2.24) is 34.7 Å². The topological polar surface area (TPSA) is 90.2 Å². The number of nitrogens with zero attached hydrogens (tertiary/aromatic N) is 6. The second-order valence-electron chi connectivity index (χ2n) is 10.9. The number of imidazole rings is 1. The lowest BCUT2D eigenvalue weighted by Gasteiger charge is -2.27. The van der Waals surface area contributed by atoms with Crippen LogP contribution in [-0.2, 0) is 6.54 Å². The SMILES string of the molecule is CC1(Oc2ncnc3c2nc(-c2ccc(OCCN4C[C@@H]5C[C@H]4CN5)cc2Cl)n3Cc2cc(Cl)ccn2)CC1. The van der Waals surface area contributed by atoms with Gasteiger partial charge in [0.2, 0.25) is 5.88 Å². The molecule has 2 bridgehead atoms. The van der Waals surface area contributed by atoms with E-state index in [0.717, 1.165) is 49.5 Å². The number of ether oxygens (including phenoxy) is 2. The quantitative estimate of drug-likeness (QED) is 0.315. The fraction of sp³-hybridized carbons (Fsp3) is 0.429. The standard InChI is InChI=1S/C28H29Cl2N7O2/c1-28(5-6-28)39-27-24-26(33-16-34-27)37(15-18-10-17(29)4-7-31-18)25(35-24)22-3-2-21(12-23(22)30)38-9-8-36-14-19-11-20(36)13-32-19/h2-4,7,10,12,16,19-20,32H,5-6,8-9,11,13-15H2,1H3/t19-,20-/m0/s1. The Kier molecular flexibility index (Phi) is 6.34. The Morgan fingerprint density at radius 1 is 1.13 bits per heavy atom. The van der Waals surface area contributed by atoms with E-state index < -0.39 is 0 Å². The summed E-state index contributed by atoms with van der Waals surface area (Å²) in [7, 11) is 0. The highest BCUT2D eigenvalue weighted by Crippen LogP contribution is 2.41. The Bertz CT molecular complexity index is 1540. The zero-order valence-corrected chi connectivity index (χ0v) is 23.1. The summed E-state index contributed by atoms with van der Waals surface area (Å²) in [5, 5.41) is 4.69. The minimum Gasteiger partial charge on any atom is -0.492 e. The fourth-order valence-corrected chi connectivity index (χ4v) is 5.96. The molecule has 9 nitrogen and oxygen atoms in total. The number of piperazine rings is 1. The molecule has 1 aliphatic carbocycles. The van der Waals surface area contributed by atoms with Crippen LogP contribution in [0.5, 0.6) is 11.6 Å². The summed E-state index contributed by atoms with van der Waals surface area (Å²) < 4.78 is 14.3. The molecule has 1 N–H and O–H groups in total. The molecule has 3 fully saturated rings. The Labute approximate surface area is 236 Å². The van der Waals surface area contributed by atoms with Crippen LogP contribution in [0.3, 0.4) is 0 Å². The third-order valence-corrected chi connectivity index (χ3v) is 8.44. The van der Waals surface area contributed by atoms with E-state index in [1.807, 2.05) is 28.8 Å². The molecule has 0 spiro atoms.